The Kier molecular flexibility index (Phi) is 4.29. The molecule has 0 aromatic heterocycles. The van der Waals surface area contributed by atoms with E-state index in [2.05, 4.69) is 45.1 Å². The summed E-state index contributed by atoms with van der Waals surface area (Å²) in [6.45, 7) is 3.99. The summed E-state index contributed by atoms with van der Waals surface area (Å²) < 4.78 is 0. The maximum absolute atomic E-state index is 11.9. The molecule has 2 aliphatic rings. The molecule has 2 aliphatic heterocycles. The Hall–Kier alpha value is -1.03. The highest BCUT2D eigenvalue weighted by molar-refractivity contribution is 9.09. The van der Waals surface area contributed by atoms with Crippen LogP contribution in [0.15, 0.2) is 24.3 Å². The van der Waals surface area contributed by atoms with E-state index in [1.54, 1.807) is 0 Å². The molecule has 0 aliphatic carbocycles. The third-order valence-corrected chi connectivity index (χ3v) is 5.21. The average molecular weight is 337 g/mol. The van der Waals surface area contributed by atoms with Crippen LogP contribution in [0.2, 0.25) is 0 Å². The standard InChI is InChI=1S/C16H21BrN2O/c17-10-14-9-16(20)19(12-14)11-13-3-5-15(6-4-13)18-7-1-2-8-18/h3-6,14H,1-2,7-12H2. The van der Waals surface area contributed by atoms with Crippen LogP contribution in [0.4, 0.5) is 5.69 Å². The van der Waals surface area contributed by atoms with Gasteiger partial charge in [0.15, 0.2) is 0 Å². The van der Waals surface area contributed by atoms with E-state index in [4.69, 9.17) is 0 Å². The number of likely N-dealkylation sites (tertiary alicyclic amines) is 1. The Morgan fingerprint density at radius 3 is 2.45 bits per heavy atom. The van der Waals surface area contributed by atoms with Crippen LogP contribution >= 0.6 is 15.9 Å². The molecular weight excluding hydrogens is 316 g/mol. The van der Waals surface area contributed by atoms with Crippen molar-refractivity contribution in [3.05, 3.63) is 29.8 Å². The summed E-state index contributed by atoms with van der Waals surface area (Å²) in [4.78, 5) is 16.3. The van der Waals surface area contributed by atoms with Gasteiger partial charge in [-0.2, -0.15) is 0 Å². The van der Waals surface area contributed by atoms with E-state index in [1.165, 1.54) is 37.2 Å². The molecule has 0 N–H and O–H groups in total. The van der Waals surface area contributed by atoms with Gasteiger partial charge < -0.3 is 9.80 Å². The molecule has 1 aromatic rings. The monoisotopic (exact) mass is 336 g/mol. The van der Waals surface area contributed by atoms with E-state index in [9.17, 15) is 4.79 Å². The Morgan fingerprint density at radius 2 is 1.85 bits per heavy atom. The van der Waals surface area contributed by atoms with Crippen molar-refractivity contribution in [3.8, 4) is 0 Å². The summed E-state index contributed by atoms with van der Waals surface area (Å²) >= 11 is 3.48. The summed E-state index contributed by atoms with van der Waals surface area (Å²) in [6, 6.07) is 8.73. The Morgan fingerprint density at radius 1 is 1.15 bits per heavy atom. The minimum absolute atomic E-state index is 0.290. The van der Waals surface area contributed by atoms with Gasteiger partial charge in [-0.25, -0.2) is 0 Å². The largest absolute Gasteiger partial charge is 0.372 e. The number of nitrogens with zero attached hydrogens (tertiary/aromatic N) is 2. The number of halogens is 1. The first kappa shape index (κ1) is 13.9. The number of anilines is 1. The van der Waals surface area contributed by atoms with Crippen molar-refractivity contribution in [3.63, 3.8) is 0 Å². The second-order valence-corrected chi connectivity index (χ2v) is 6.51. The SMILES string of the molecule is O=C1CC(CBr)CN1Cc1ccc(N2CCCC2)cc1. The Labute approximate surface area is 129 Å². The van der Waals surface area contributed by atoms with Crippen LogP contribution in [0.1, 0.15) is 24.8 Å². The van der Waals surface area contributed by atoms with Crippen LogP contribution in [0.5, 0.6) is 0 Å². The fraction of sp³-hybridized carbons (Fsp3) is 0.562. The van der Waals surface area contributed by atoms with E-state index in [0.717, 1.165) is 18.4 Å². The Balaban J connectivity index is 1.62. The predicted molar refractivity (Wildman–Crippen MR) is 85.2 cm³/mol. The molecule has 20 heavy (non-hydrogen) atoms. The summed E-state index contributed by atoms with van der Waals surface area (Å²) in [6.07, 6.45) is 3.30. The van der Waals surface area contributed by atoms with Crippen molar-refractivity contribution in [1.29, 1.82) is 0 Å². The molecule has 2 fully saturated rings. The molecule has 2 heterocycles. The molecule has 2 saturated heterocycles. The Bertz CT molecular complexity index is 468. The lowest BCUT2D eigenvalue weighted by Crippen LogP contribution is -2.24. The maximum Gasteiger partial charge on any atom is 0.223 e. The molecule has 0 radical (unpaired) electrons. The van der Waals surface area contributed by atoms with Gasteiger partial charge in [-0.05, 0) is 36.5 Å². The van der Waals surface area contributed by atoms with Crippen molar-refractivity contribution in [2.45, 2.75) is 25.8 Å². The molecule has 1 atom stereocenters. The van der Waals surface area contributed by atoms with Gasteiger partial charge in [-0.15, -0.1) is 0 Å². The quantitative estimate of drug-likeness (QED) is 0.789. The number of carbonyl (C=O) groups is 1. The van der Waals surface area contributed by atoms with Crippen LogP contribution < -0.4 is 4.90 Å². The average Bonchev–Trinajstić information content (AvgIpc) is 3.10. The highest BCUT2D eigenvalue weighted by Crippen LogP contribution is 2.24. The highest BCUT2D eigenvalue weighted by Gasteiger charge is 2.28. The predicted octanol–water partition coefficient (Wildman–Crippen LogP) is 3.03. The van der Waals surface area contributed by atoms with Gasteiger partial charge in [0.1, 0.15) is 0 Å². The number of hydrogen-bond donors (Lipinski definition) is 0. The maximum atomic E-state index is 11.9. The van der Waals surface area contributed by atoms with Crippen LogP contribution in [-0.4, -0.2) is 35.8 Å². The zero-order valence-electron chi connectivity index (χ0n) is 11.7. The highest BCUT2D eigenvalue weighted by atomic mass is 79.9. The molecule has 3 rings (SSSR count). The van der Waals surface area contributed by atoms with Crippen molar-refractivity contribution in [2.24, 2.45) is 5.92 Å². The van der Waals surface area contributed by atoms with Crippen molar-refractivity contribution >= 4 is 27.5 Å². The normalized spacial score (nSPS) is 22.9. The summed E-state index contributed by atoms with van der Waals surface area (Å²) in [5.74, 6) is 0.768. The van der Waals surface area contributed by atoms with E-state index < -0.39 is 0 Å². The van der Waals surface area contributed by atoms with Gasteiger partial charge in [0.25, 0.3) is 0 Å². The first-order valence-electron chi connectivity index (χ1n) is 7.44. The van der Waals surface area contributed by atoms with Gasteiger partial charge in [0.2, 0.25) is 5.91 Å². The topological polar surface area (TPSA) is 23.6 Å². The molecule has 1 amide bonds. The van der Waals surface area contributed by atoms with E-state index in [1.807, 2.05) is 4.90 Å². The van der Waals surface area contributed by atoms with E-state index in [-0.39, 0.29) is 5.91 Å². The minimum Gasteiger partial charge on any atom is -0.372 e. The molecule has 3 nitrogen and oxygen atoms in total. The molecule has 0 saturated carbocycles. The van der Waals surface area contributed by atoms with Crippen molar-refractivity contribution < 1.29 is 4.79 Å². The second kappa shape index (κ2) is 6.17. The summed E-state index contributed by atoms with van der Waals surface area (Å²) in [5.41, 5.74) is 2.55. The van der Waals surface area contributed by atoms with Crippen molar-refractivity contribution in [2.75, 3.05) is 29.9 Å². The van der Waals surface area contributed by atoms with Crippen LogP contribution in [0.25, 0.3) is 0 Å². The smallest absolute Gasteiger partial charge is 0.223 e. The van der Waals surface area contributed by atoms with Gasteiger partial charge in [0, 0.05) is 43.6 Å². The lowest BCUT2D eigenvalue weighted by atomic mass is 10.1. The third kappa shape index (κ3) is 3.00. The number of benzene rings is 1. The molecule has 0 bridgehead atoms. The zero-order chi connectivity index (χ0) is 13.9. The zero-order valence-corrected chi connectivity index (χ0v) is 13.3. The molecule has 1 aromatic carbocycles. The lowest BCUT2D eigenvalue weighted by Gasteiger charge is -2.19. The van der Waals surface area contributed by atoms with Gasteiger partial charge in [-0.1, -0.05) is 28.1 Å². The molecular formula is C16H21BrN2O. The van der Waals surface area contributed by atoms with Crippen LogP contribution in [0.3, 0.4) is 0 Å². The minimum atomic E-state index is 0.290. The summed E-state index contributed by atoms with van der Waals surface area (Å²) in [7, 11) is 0. The fourth-order valence-electron chi connectivity index (χ4n) is 3.12. The van der Waals surface area contributed by atoms with Crippen molar-refractivity contribution in [1.82, 2.24) is 4.90 Å². The number of rotatable bonds is 4. The number of alkyl halides is 1. The van der Waals surface area contributed by atoms with Gasteiger partial charge in [0.05, 0.1) is 0 Å². The lowest BCUT2D eigenvalue weighted by molar-refractivity contribution is -0.128. The number of amides is 1. The molecule has 0 spiro atoms. The fourth-order valence-corrected chi connectivity index (χ4v) is 3.55. The first-order valence-corrected chi connectivity index (χ1v) is 8.56. The summed E-state index contributed by atoms with van der Waals surface area (Å²) in [5, 5.41) is 0.920. The van der Waals surface area contributed by atoms with E-state index in [0.29, 0.717) is 12.3 Å². The molecule has 4 heteroatoms. The number of carbonyl (C=O) groups excluding carboxylic acids is 1. The number of hydrogen-bond acceptors (Lipinski definition) is 2. The van der Waals surface area contributed by atoms with Crippen LogP contribution in [-0.2, 0) is 11.3 Å². The third-order valence-electron chi connectivity index (χ3n) is 4.29. The van der Waals surface area contributed by atoms with E-state index >= 15 is 0 Å². The van der Waals surface area contributed by atoms with Crippen LogP contribution in [0, 0.1) is 5.92 Å². The van der Waals surface area contributed by atoms with Gasteiger partial charge >= 0.3 is 0 Å². The molecule has 1 unspecified atom stereocenters. The second-order valence-electron chi connectivity index (χ2n) is 5.86. The first-order chi connectivity index (χ1) is 9.76. The molecule has 108 valence electrons. The van der Waals surface area contributed by atoms with Gasteiger partial charge in [-0.3, -0.25) is 4.79 Å².